The summed E-state index contributed by atoms with van der Waals surface area (Å²) in [5.74, 6) is -0.168. The third kappa shape index (κ3) is 4.58. The Kier molecular flexibility index (Phi) is 5.90. The molecular formula is C23H19BrN4O2. The minimum Gasteiger partial charge on any atom is -0.379 e. The van der Waals surface area contributed by atoms with Gasteiger partial charge in [0.05, 0.1) is 17.8 Å². The predicted molar refractivity (Wildman–Crippen MR) is 121 cm³/mol. The van der Waals surface area contributed by atoms with Crippen LogP contribution in [0.15, 0.2) is 88.3 Å². The summed E-state index contributed by atoms with van der Waals surface area (Å²) in [5, 5.41) is 6.17. The lowest BCUT2D eigenvalue weighted by atomic mass is 10.1. The predicted octanol–water partition coefficient (Wildman–Crippen LogP) is 4.00. The maximum Gasteiger partial charge on any atom is 0.258 e. The first-order valence-corrected chi connectivity index (χ1v) is 10.2. The molecule has 1 amide bonds. The summed E-state index contributed by atoms with van der Waals surface area (Å²) in [6.45, 7) is 0.775. The second-order valence-electron chi connectivity index (χ2n) is 6.73. The van der Waals surface area contributed by atoms with E-state index < -0.39 is 0 Å². The van der Waals surface area contributed by atoms with E-state index in [0.717, 1.165) is 10.0 Å². The molecule has 0 aliphatic rings. The first kappa shape index (κ1) is 19.8. The van der Waals surface area contributed by atoms with E-state index >= 15 is 0 Å². The number of nitrogens with one attached hydrogen (secondary N) is 2. The van der Waals surface area contributed by atoms with E-state index in [2.05, 4.69) is 31.5 Å². The molecule has 0 aliphatic carbocycles. The lowest BCUT2D eigenvalue weighted by molar-refractivity contribution is 0.0951. The molecule has 2 aromatic heterocycles. The molecule has 6 nitrogen and oxygen atoms in total. The first-order chi connectivity index (χ1) is 14.6. The van der Waals surface area contributed by atoms with Gasteiger partial charge in [-0.05, 0) is 45.8 Å². The molecule has 4 rings (SSSR count). The number of nitrogens with zero attached hydrogens (tertiary/aromatic N) is 2. The summed E-state index contributed by atoms with van der Waals surface area (Å²) < 4.78 is 2.29. The average Bonchev–Trinajstić information content (AvgIpc) is 2.77. The number of carbonyl (C=O) groups excluding carboxylic acids is 1. The van der Waals surface area contributed by atoms with Gasteiger partial charge in [0, 0.05) is 29.0 Å². The molecule has 0 atom stereocenters. The molecule has 2 aromatic carbocycles. The van der Waals surface area contributed by atoms with E-state index in [4.69, 9.17) is 0 Å². The Morgan fingerprint density at radius 2 is 1.73 bits per heavy atom. The van der Waals surface area contributed by atoms with E-state index in [1.165, 1.54) is 10.5 Å². The summed E-state index contributed by atoms with van der Waals surface area (Å²) in [4.78, 5) is 29.6. The number of aromatic nitrogens is 2. The highest BCUT2D eigenvalue weighted by molar-refractivity contribution is 9.10. The summed E-state index contributed by atoms with van der Waals surface area (Å²) in [7, 11) is 0. The van der Waals surface area contributed by atoms with Crippen LogP contribution in [-0.4, -0.2) is 15.3 Å². The van der Waals surface area contributed by atoms with Gasteiger partial charge in [-0.25, -0.2) is 4.98 Å². The standard InChI is InChI=1S/C23H19BrN4O2/c24-17-10-11-21-27-18(12-22(29)28(21)15-17)14-25-20-9-5-4-8-19(20)23(30)26-13-16-6-2-1-3-7-16/h1-12,15,25H,13-14H2,(H,26,30). The van der Waals surface area contributed by atoms with Crippen LogP contribution >= 0.6 is 15.9 Å². The van der Waals surface area contributed by atoms with E-state index in [-0.39, 0.29) is 11.5 Å². The van der Waals surface area contributed by atoms with E-state index in [9.17, 15) is 9.59 Å². The van der Waals surface area contributed by atoms with Crippen LogP contribution in [0.25, 0.3) is 5.65 Å². The maximum atomic E-state index is 12.7. The number of carbonyl (C=O) groups is 1. The first-order valence-electron chi connectivity index (χ1n) is 9.43. The Balaban J connectivity index is 1.49. The van der Waals surface area contributed by atoms with Crippen LogP contribution in [0, 0.1) is 0 Å². The highest BCUT2D eigenvalue weighted by Gasteiger charge is 2.11. The molecule has 2 heterocycles. The van der Waals surface area contributed by atoms with Crippen molar-refractivity contribution >= 4 is 33.2 Å². The Labute approximate surface area is 181 Å². The largest absolute Gasteiger partial charge is 0.379 e. The van der Waals surface area contributed by atoms with Crippen LogP contribution in [-0.2, 0) is 13.1 Å². The summed E-state index contributed by atoms with van der Waals surface area (Å²) in [6, 6.07) is 22.1. The Morgan fingerprint density at radius 3 is 2.57 bits per heavy atom. The molecule has 7 heteroatoms. The fourth-order valence-electron chi connectivity index (χ4n) is 3.11. The zero-order valence-electron chi connectivity index (χ0n) is 16.0. The van der Waals surface area contributed by atoms with Gasteiger partial charge in [-0.15, -0.1) is 0 Å². The van der Waals surface area contributed by atoms with Crippen LogP contribution in [0.1, 0.15) is 21.6 Å². The molecule has 0 fully saturated rings. The highest BCUT2D eigenvalue weighted by Crippen LogP contribution is 2.16. The van der Waals surface area contributed by atoms with E-state index in [0.29, 0.717) is 35.7 Å². The molecular weight excluding hydrogens is 444 g/mol. The summed E-state index contributed by atoms with van der Waals surface area (Å²) in [6.07, 6.45) is 1.69. The van der Waals surface area contributed by atoms with Crippen LogP contribution < -0.4 is 16.2 Å². The molecule has 0 bridgehead atoms. The van der Waals surface area contributed by atoms with Gasteiger partial charge in [-0.3, -0.25) is 14.0 Å². The van der Waals surface area contributed by atoms with Gasteiger partial charge >= 0.3 is 0 Å². The van der Waals surface area contributed by atoms with Gasteiger partial charge in [0.2, 0.25) is 0 Å². The third-order valence-corrected chi connectivity index (χ3v) is 5.07. The van der Waals surface area contributed by atoms with Crippen molar-refractivity contribution in [3.63, 3.8) is 0 Å². The topological polar surface area (TPSA) is 75.5 Å². The van der Waals surface area contributed by atoms with Crippen molar-refractivity contribution in [2.24, 2.45) is 0 Å². The number of halogens is 1. The zero-order valence-corrected chi connectivity index (χ0v) is 17.6. The van der Waals surface area contributed by atoms with Gasteiger partial charge in [-0.1, -0.05) is 42.5 Å². The quantitative estimate of drug-likeness (QED) is 0.454. The zero-order chi connectivity index (χ0) is 20.9. The molecule has 0 aliphatic heterocycles. The number of para-hydroxylation sites is 1. The third-order valence-electron chi connectivity index (χ3n) is 4.60. The lowest BCUT2D eigenvalue weighted by Crippen LogP contribution is -2.24. The van der Waals surface area contributed by atoms with Gasteiger partial charge in [0.1, 0.15) is 5.65 Å². The minimum atomic E-state index is -0.168. The van der Waals surface area contributed by atoms with Crippen molar-refractivity contribution in [3.8, 4) is 0 Å². The SMILES string of the molecule is O=C(NCc1ccccc1)c1ccccc1NCc1cc(=O)n2cc(Br)ccc2n1. The maximum absolute atomic E-state index is 12.7. The molecule has 4 aromatic rings. The smallest absolute Gasteiger partial charge is 0.258 e. The number of pyridine rings is 1. The Bertz CT molecular complexity index is 1260. The Morgan fingerprint density at radius 1 is 0.967 bits per heavy atom. The van der Waals surface area contributed by atoms with Crippen molar-refractivity contribution in [2.75, 3.05) is 5.32 Å². The molecule has 0 saturated carbocycles. The summed E-state index contributed by atoms with van der Waals surface area (Å²) in [5.41, 5.74) is 3.25. The monoisotopic (exact) mass is 462 g/mol. The number of rotatable bonds is 6. The summed E-state index contributed by atoms with van der Waals surface area (Å²) >= 11 is 3.36. The number of fused-ring (bicyclic) bond motifs is 1. The van der Waals surface area contributed by atoms with Crippen LogP contribution in [0.3, 0.4) is 0 Å². The molecule has 2 N–H and O–H groups in total. The number of hydrogen-bond acceptors (Lipinski definition) is 4. The van der Waals surface area contributed by atoms with Gasteiger partial charge in [0.25, 0.3) is 11.5 Å². The normalized spacial score (nSPS) is 10.7. The second kappa shape index (κ2) is 8.92. The fraction of sp³-hybridized carbons (Fsp3) is 0.0870. The molecule has 150 valence electrons. The van der Waals surface area contributed by atoms with E-state index in [1.807, 2.05) is 54.6 Å². The van der Waals surface area contributed by atoms with E-state index in [1.54, 1.807) is 18.3 Å². The molecule has 0 spiro atoms. The van der Waals surface area contributed by atoms with Crippen molar-refractivity contribution in [3.05, 3.63) is 111 Å². The van der Waals surface area contributed by atoms with Gasteiger partial charge in [0.15, 0.2) is 0 Å². The van der Waals surface area contributed by atoms with Gasteiger partial charge < -0.3 is 10.6 Å². The Hall–Kier alpha value is -3.45. The van der Waals surface area contributed by atoms with Crippen LogP contribution in [0.4, 0.5) is 5.69 Å². The van der Waals surface area contributed by atoms with Crippen molar-refractivity contribution in [1.82, 2.24) is 14.7 Å². The lowest BCUT2D eigenvalue weighted by Gasteiger charge is -2.12. The molecule has 0 saturated heterocycles. The second-order valence-corrected chi connectivity index (χ2v) is 7.64. The fourth-order valence-corrected chi connectivity index (χ4v) is 3.45. The van der Waals surface area contributed by atoms with Crippen molar-refractivity contribution in [1.29, 1.82) is 0 Å². The van der Waals surface area contributed by atoms with Crippen molar-refractivity contribution < 1.29 is 4.79 Å². The number of hydrogen-bond donors (Lipinski definition) is 2. The number of anilines is 1. The van der Waals surface area contributed by atoms with Gasteiger partial charge in [-0.2, -0.15) is 0 Å². The highest BCUT2D eigenvalue weighted by atomic mass is 79.9. The molecule has 0 unspecified atom stereocenters. The average molecular weight is 463 g/mol. The number of amides is 1. The van der Waals surface area contributed by atoms with Crippen molar-refractivity contribution in [2.45, 2.75) is 13.1 Å². The van der Waals surface area contributed by atoms with Crippen LogP contribution in [0.2, 0.25) is 0 Å². The molecule has 0 radical (unpaired) electrons. The van der Waals surface area contributed by atoms with Crippen LogP contribution in [0.5, 0.6) is 0 Å². The molecule has 30 heavy (non-hydrogen) atoms. The minimum absolute atomic E-state index is 0.160. The number of benzene rings is 2.